The second-order valence-corrected chi connectivity index (χ2v) is 6.45. The fourth-order valence-corrected chi connectivity index (χ4v) is 2.45. The van der Waals surface area contributed by atoms with Crippen LogP contribution in [0.15, 0.2) is 18.3 Å². The number of pyridine rings is 1. The van der Waals surface area contributed by atoms with Crippen molar-refractivity contribution in [3.63, 3.8) is 0 Å². The number of methoxy groups -OCH3 is 1. The van der Waals surface area contributed by atoms with Crippen LogP contribution >= 0.6 is 0 Å². The quantitative estimate of drug-likeness (QED) is 0.794. The van der Waals surface area contributed by atoms with E-state index >= 15 is 0 Å². The van der Waals surface area contributed by atoms with Crippen molar-refractivity contribution in [2.45, 2.75) is 13.8 Å². The lowest BCUT2D eigenvalue weighted by Crippen LogP contribution is -2.47. The highest BCUT2D eigenvalue weighted by molar-refractivity contribution is 5.93. The Hall–Kier alpha value is -2.15. The highest BCUT2D eigenvalue weighted by Gasteiger charge is 2.21. The van der Waals surface area contributed by atoms with Crippen LogP contribution in [-0.2, 0) is 9.53 Å². The van der Waals surface area contributed by atoms with Crippen LogP contribution in [0.1, 0.15) is 24.3 Å². The molecule has 1 saturated heterocycles. The molecule has 0 aliphatic carbocycles. The first-order valence-corrected chi connectivity index (χ1v) is 7.66. The van der Waals surface area contributed by atoms with E-state index in [-0.39, 0.29) is 17.2 Å². The van der Waals surface area contributed by atoms with E-state index in [9.17, 15) is 9.59 Å². The molecule has 0 unspecified atom stereocenters. The molecule has 7 heteroatoms. The van der Waals surface area contributed by atoms with Gasteiger partial charge in [-0.3, -0.25) is 14.6 Å². The number of nitrogens with one attached hydrogen (secondary N) is 2. The average molecular weight is 320 g/mol. The van der Waals surface area contributed by atoms with E-state index in [4.69, 9.17) is 4.74 Å². The Morgan fingerprint density at radius 3 is 3.00 bits per heavy atom. The fourth-order valence-electron chi connectivity index (χ4n) is 2.45. The van der Waals surface area contributed by atoms with E-state index in [0.29, 0.717) is 31.9 Å². The van der Waals surface area contributed by atoms with E-state index in [0.717, 1.165) is 12.2 Å². The van der Waals surface area contributed by atoms with Crippen LogP contribution in [0.5, 0.6) is 0 Å². The van der Waals surface area contributed by atoms with Crippen molar-refractivity contribution in [2.24, 2.45) is 5.41 Å². The molecule has 0 spiro atoms. The molecule has 2 amide bonds. The van der Waals surface area contributed by atoms with Crippen molar-refractivity contribution in [2.75, 3.05) is 44.8 Å². The number of hydrogen-bond acceptors (Lipinski definition) is 5. The van der Waals surface area contributed by atoms with Gasteiger partial charge >= 0.3 is 0 Å². The lowest BCUT2D eigenvalue weighted by atomic mass is 9.95. The van der Waals surface area contributed by atoms with Crippen LogP contribution in [-0.4, -0.2) is 56.7 Å². The third-order valence-electron chi connectivity index (χ3n) is 3.64. The summed E-state index contributed by atoms with van der Waals surface area (Å²) in [5, 5.41) is 5.66. The van der Waals surface area contributed by atoms with Crippen molar-refractivity contribution in [3.05, 3.63) is 24.0 Å². The smallest absolute Gasteiger partial charge is 0.269 e. The molecule has 0 bridgehead atoms. The van der Waals surface area contributed by atoms with Crippen molar-refractivity contribution in [1.29, 1.82) is 0 Å². The Balaban J connectivity index is 2.01. The molecule has 2 N–H and O–H groups in total. The number of carbonyl (C=O) groups excluding carboxylic acids is 2. The first-order valence-electron chi connectivity index (χ1n) is 7.66. The Morgan fingerprint density at radius 2 is 2.30 bits per heavy atom. The minimum absolute atomic E-state index is 0.0135. The Kier molecular flexibility index (Phi) is 5.54. The molecular formula is C16H24N4O3. The number of carbonyl (C=O) groups is 2. The number of ether oxygens (including phenoxy) is 1. The monoisotopic (exact) mass is 320 g/mol. The average Bonchev–Trinajstić information content (AvgIpc) is 2.53. The summed E-state index contributed by atoms with van der Waals surface area (Å²) in [5.74, 6) is -0.238. The summed E-state index contributed by atoms with van der Waals surface area (Å²) < 4.78 is 5.14. The maximum atomic E-state index is 12.3. The van der Waals surface area contributed by atoms with Gasteiger partial charge in [-0.2, -0.15) is 0 Å². The van der Waals surface area contributed by atoms with Gasteiger partial charge in [-0.15, -0.1) is 0 Å². The normalized spacial score (nSPS) is 15.3. The lowest BCUT2D eigenvalue weighted by molar-refractivity contribution is -0.120. The van der Waals surface area contributed by atoms with Gasteiger partial charge in [0.25, 0.3) is 5.91 Å². The van der Waals surface area contributed by atoms with Gasteiger partial charge in [-0.1, -0.05) is 13.8 Å². The number of nitrogens with zero attached hydrogens (tertiary/aromatic N) is 2. The molecule has 2 heterocycles. The van der Waals surface area contributed by atoms with Crippen molar-refractivity contribution in [3.8, 4) is 0 Å². The van der Waals surface area contributed by atoms with Gasteiger partial charge in [0.15, 0.2) is 0 Å². The van der Waals surface area contributed by atoms with Gasteiger partial charge in [0.05, 0.1) is 13.2 Å². The number of rotatable bonds is 6. The van der Waals surface area contributed by atoms with Gasteiger partial charge in [0.2, 0.25) is 5.91 Å². The minimum Gasteiger partial charge on any atom is -0.384 e. The van der Waals surface area contributed by atoms with Crippen LogP contribution < -0.4 is 15.5 Å². The molecule has 1 fully saturated rings. The van der Waals surface area contributed by atoms with Crippen molar-refractivity contribution >= 4 is 17.5 Å². The molecule has 1 aliphatic rings. The molecule has 23 heavy (non-hydrogen) atoms. The van der Waals surface area contributed by atoms with Gasteiger partial charge in [-0.05, 0) is 12.1 Å². The zero-order valence-corrected chi connectivity index (χ0v) is 13.9. The van der Waals surface area contributed by atoms with Gasteiger partial charge in [-0.25, -0.2) is 0 Å². The van der Waals surface area contributed by atoms with Crippen LogP contribution in [0.2, 0.25) is 0 Å². The molecule has 126 valence electrons. The van der Waals surface area contributed by atoms with E-state index in [1.54, 1.807) is 19.4 Å². The fraction of sp³-hybridized carbons (Fsp3) is 0.562. The number of piperazine rings is 1. The van der Waals surface area contributed by atoms with E-state index < -0.39 is 0 Å². The topological polar surface area (TPSA) is 83.6 Å². The molecule has 0 atom stereocenters. The van der Waals surface area contributed by atoms with Crippen molar-refractivity contribution in [1.82, 2.24) is 15.6 Å². The van der Waals surface area contributed by atoms with Crippen LogP contribution in [0, 0.1) is 5.41 Å². The van der Waals surface area contributed by atoms with Gasteiger partial charge in [0.1, 0.15) is 5.69 Å². The van der Waals surface area contributed by atoms with E-state index in [1.807, 2.05) is 24.8 Å². The maximum absolute atomic E-state index is 12.3. The first-order chi connectivity index (χ1) is 10.9. The zero-order chi connectivity index (χ0) is 16.9. The number of aromatic nitrogens is 1. The largest absolute Gasteiger partial charge is 0.384 e. The Bertz CT molecular complexity index is 574. The molecule has 0 saturated carbocycles. The molecule has 2 rings (SSSR count). The van der Waals surface area contributed by atoms with Crippen molar-refractivity contribution < 1.29 is 14.3 Å². The zero-order valence-electron chi connectivity index (χ0n) is 13.9. The lowest BCUT2D eigenvalue weighted by Gasteiger charge is -2.28. The summed E-state index contributed by atoms with van der Waals surface area (Å²) in [7, 11) is 1.64. The Morgan fingerprint density at radius 1 is 1.52 bits per heavy atom. The van der Waals surface area contributed by atoms with Gasteiger partial charge < -0.3 is 20.3 Å². The summed E-state index contributed by atoms with van der Waals surface area (Å²) >= 11 is 0. The van der Waals surface area contributed by atoms with Crippen LogP contribution in [0.25, 0.3) is 0 Å². The summed E-state index contributed by atoms with van der Waals surface area (Å²) in [5.41, 5.74) is 1.03. The summed E-state index contributed by atoms with van der Waals surface area (Å²) in [4.78, 5) is 29.8. The molecular weight excluding hydrogens is 296 g/mol. The maximum Gasteiger partial charge on any atom is 0.269 e. The second-order valence-electron chi connectivity index (χ2n) is 6.45. The third kappa shape index (κ3) is 4.92. The summed E-state index contributed by atoms with van der Waals surface area (Å²) in [6, 6.07) is 3.53. The highest BCUT2D eigenvalue weighted by Crippen LogP contribution is 2.16. The molecule has 0 radical (unpaired) electrons. The summed E-state index contributed by atoms with van der Waals surface area (Å²) in [6.45, 7) is 6.72. The van der Waals surface area contributed by atoms with Crippen LogP contribution in [0.4, 0.5) is 5.69 Å². The standard InChI is InChI=1S/C16H24N4O3/c1-16(2,11-23-3)10-19-15(22)13-8-12(4-5-17-13)20-7-6-18-14(21)9-20/h4-5,8H,6-7,9-11H2,1-3H3,(H,18,21)(H,19,22). The molecule has 7 nitrogen and oxygen atoms in total. The molecule has 1 aromatic heterocycles. The van der Waals surface area contributed by atoms with E-state index in [2.05, 4.69) is 15.6 Å². The SMILES string of the molecule is COCC(C)(C)CNC(=O)c1cc(N2CCNC(=O)C2)ccn1. The molecule has 1 aromatic rings. The predicted octanol–water partition coefficient (Wildman–Crippen LogP) is 0.420. The molecule has 1 aliphatic heterocycles. The van der Waals surface area contributed by atoms with E-state index in [1.165, 1.54) is 0 Å². The second kappa shape index (κ2) is 7.41. The predicted molar refractivity (Wildman–Crippen MR) is 87.4 cm³/mol. The van der Waals surface area contributed by atoms with Gasteiger partial charge in [0, 0.05) is 44.0 Å². The third-order valence-corrected chi connectivity index (χ3v) is 3.64. The summed E-state index contributed by atoms with van der Waals surface area (Å²) in [6.07, 6.45) is 1.59. The first kappa shape index (κ1) is 17.2. The Labute approximate surface area is 136 Å². The molecule has 0 aromatic carbocycles. The number of hydrogen-bond donors (Lipinski definition) is 2. The highest BCUT2D eigenvalue weighted by atomic mass is 16.5. The minimum atomic E-state index is -0.225. The van der Waals surface area contributed by atoms with Crippen LogP contribution in [0.3, 0.4) is 0 Å². The number of anilines is 1. The number of amides is 2.